The first kappa shape index (κ1) is 24.2. The summed E-state index contributed by atoms with van der Waals surface area (Å²) in [6.45, 7) is 6.48. The predicted octanol–water partition coefficient (Wildman–Crippen LogP) is 4.26. The number of H-pyrrole nitrogens is 1. The van der Waals surface area contributed by atoms with Crippen LogP contribution in [0.25, 0.3) is 0 Å². The standard InChI is InChI=1S/C19H28N4O4S3/c1-19(2,3)30(5,6)27-13-9-7-12(8-10-13)11-14(15(24)26-4)20-16(25)21-17-22-23-18(28)29-17/h7-10,14H,11H2,1-6H3,(H,23,28)(H2,20,21,22,25). The van der Waals surface area contributed by atoms with E-state index in [1.54, 1.807) is 0 Å². The molecule has 30 heavy (non-hydrogen) atoms. The highest BCUT2D eigenvalue weighted by Crippen LogP contribution is 2.53. The smallest absolute Gasteiger partial charge is 0.328 e. The van der Waals surface area contributed by atoms with E-state index in [2.05, 4.69) is 54.1 Å². The van der Waals surface area contributed by atoms with Crippen molar-refractivity contribution in [2.24, 2.45) is 0 Å². The van der Waals surface area contributed by atoms with Crippen LogP contribution in [0, 0.1) is 3.95 Å². The number of esters is 1. The Labute approximate surface area is 187 Å². The Balaban J connectivity index is 2.04. The Kier molecular flexibility index (Phi) is 7.89. The van der Waals surface area contributed by atoms with E-state index in [0.29, 0.717) is 9.09 Å². The third kappa shape index (κ3) is 6.71. The molecule has 0 fully saturated rings. The molecule has 1 heterocycles. The van der Waals surface area contributed by atoms with E-state index < -0.39 is 28.4 Å². The molecule has 1 aromatic carbocycles. The minimum absolute atomic E-state index is 0.0418. The lowest BCUT2D eigenvalue weighted by Crippen LogP contribution is -2.45. The number of hydrogen-bond acceptors (Lipinski definition) is 7. The second-order valence-electron chi connectivity index (χ2n) is 7.87. The number of ether oxygens (including phenoxy) is 1. The first-order valence-electron chi connectivity index (χ1n) is 9.13. The van der Waals surface area contributed by atoms with Gasteiger partial charge in [0.05, 0.1) is 7.11 Å². The van der Waals surface area contributed by atoms with Crippen LogP contribution in [0.15, 0.2) is 24.3 Å². The van der Waals surface area contributed by atoms with Crippen molar-refractivity contribution >= 4 is 51.0 Å². The molecule has 2 rings (SSSR count). The van der Waals surface area contributed by atoms with Gasteiger partial charge in [-0.05, 0) is 63.2 Å². The maximum atomic E-state index is 12.2. The molecule has 0 aliphatic carbocycles. The molecule has 8 nitrogen and oxygen atoms in total. The Morgan fingerprint density at radius 2 is 1.90 bits per heavy atom. The zero-order chi connectivity index (χ0) is 22.5. The first-order valence-corrected chi connectivity index (χ1v) is 12.7. The highest BCUT2D eigenvalue weighted by molar-refractivity contribution is 8.30. The zero-order valence-corrected chi connectivity index (χ0v) is 20.3. The molecule has 0 saturated carbocycles. The summed E-state index contributed by atoms with van der Waals surface area (Å²) in [4.78, 5) is 24.4. The van der Waals surface area contributed by atoms with E-state index in [9.17, 15) is 9.59 Å². The molecule has 0 saturated heterocycles. The molecule has 0 bridgehead atoms. The number of aromatic amines is 1. The summed E-state index contributed by atoms with van der Waals surface area (Å²) in [6.07, 6.45) is 4.53. The number of nitrogens with zero attached hydrogens (tertiary/aromatic N) is 1. The van der Waals surface area contributed by atoms with Crippen LogP contribution in [0.1, 0.15) is 26.3 Å². The van der Waals surface area contributed by atoms with E-state index in [-0.39, 0.29) is 11.2 Å². The van der Waals surface area contributed by atoms with Crippen LogP contribution in [0.5, 0.6) is 5.75 Å². The van der Waals surface area contributed by atoms with Gasteiger partial charge in [-0.15, -0.1) is 5.10 Å². The number of amides is 2. The lowest BCUT2D eigenvalue weighted by molar-refractivity contribution is -0.142. The molecular weight excluding hydrogens is 444 g/mol. The third-order valence-electron chi connectivity index (χ3n) is 4.59. The molecule has 11 heteroatoms. The lowest BCUT2D eigenvalue weighted by atomic mass is 10.1. The molecular formula is C19H28N4O4S3. The van der Waals surface area contributed by atoms with Crippen molar-refractivity contribution in [2.75, 3.05) is 24.9 Å². The van der Waals surface area contributed by atoms with Crippen LogP contribution in [0.2, 0.25) is 0 Å². The number of carbonyl (C=O) groups is 2. The average molecular weight is 473 g/mol. The fraction of sp³-hybridized carbons (Fsp3) is 0.474. The van der Waals surface area contributed by atoms with Gasteiger partial charge < -0.3 is 14.2 Å². The third-order valence-corrected chi connectivity index (χ3v) is 9.16. The normalized spacial score (nSPS) is 13.3. The quantitative estimate of drug-likeness (QED) is 0.411. The van der Waals surface area contributed by atoms with Crippen molar-refractivity contribution < 1.29 is 18.5 Å². The summed E-state index contributed by atoms with van der Waals surface area (Å²) in [6, 6.07) is 6.08. The van der Waals surface area contributed by atoms with Crippen LogP contribution in [-0.4, -0.2) is 52.6 Å². The fourth-order valence-electron chi connectivity index (χ4n) is 2.19. The van der Waals surface area contributed by atoms with E-state index >= 15 is 0 Å². The van der Waals surface area contributed by atoms with Gasteiger partial charge in [-0.1, -0.05) is 33.8 Å². The lowest BCUT2D eigenvalue weighted by Gasteiger charge is -2.43. The van der Waals surface area contributed by atoms with Crippen LogP contribution in [-0.2, 0) is 16.0 Å². The number of methoxy groups -OCH3 is 1. The summed E-state index contributed by atoms with van der Waals surface area (Å²) >= 11 is 6.05. The number of nitrogens with one attached hydrogen (secondary N) is 3. The highest BCUT2D eigenvalue weighted by Gasteiger charge is 2.30. The molecule has 2 aromatic rings. The Bertz CT molecular complexity index is 932. The van der Waals surface area contributed by atoms with Gasteiger partial charge in [0.25, 0.3) is 0 Å². The minimum atomic E-state index is -1.30. The summed E-state index contributed by atoms with van der Waals surface area (Å²) in [5, 5.41) is 11.9. The SMILES string of the molecule is COC(=O)C(Cc1ccc(OS(C)(C)C(C)(C)C)cc1)NC(=O)Nc1n[nH]c(=S)s1. The van der Waals surface area contributed by atoms with Gasteiger partial charge >= 0.3 is 12.0 Å². The molecule has 166 valence electrons. The Morgan fingerprint density at radius 3 is 2.40 bits per heavy atom. The number of aromatic nitrogens is 2. The number of rotatable bonds is 7. The molecule has 1 aromatic heterocycles. The maximum absolute atomic E-state index is 12.2. The van der Waals surface area contributed by atoms with Crippen LogP contribution in [0.3, 0.4) is 0 Å². The van der Waals surface area contributed by atoms with Gasteiger partial charge in [-0.25, -0.2) is 9.59 Å². The van der Waals surface area contributed by atoms with Gasteiger partial charge in [0.1, 0.15) is 11.8 Å². The van der Waals surface area contributed by atoms with Crippen LogP contribution < -0.4 is 14.8 Å². The van der Waals surface area contributed by atoms with Crippen molar-refractivity contribution in [1.82, 2.24) is 15.5 Å². The van der Waals surface area contributed by atoms with E-state index in [0.717, 1.165) is 22.6 Å². The van der Waals surface area contributed by atoms with Crippen LogP contribution in [0.4, 0.5) is 9.93 Å². The van der Waals surface area contributed by atoms with Crippen molar-refractivity contribution in [3.8, 4) is 5.75 Å². The summed E-state index contributed by atoms with van der Waals surface area (Å²) < 4.78 is 11.5. The van der Waals surface area contributed by atoms with Crippen molar-refractivity contribution in [3.63, 3.8) is 0 Å². The van der Waals surface area contributed by atoms with Crippen LogP contribution >= 0.6 is 33.9 Å². The molecule has 0 spiro atoms. The van der Waals surface area contributed by atoms with Crippen molar-refractivity contribution in [3.05, 3.63) is 33.8 Å². The predicted molar refractivity (Wildman–Crippen MR) is 125 cm³/mol. The van der Waals surface area contributed by atoms with Gasteiger partial charge in [0.15, 0.2) is 3.95 Å². The van der Waals surface area contributed by atoms with Gasteiger partial charge in [-0.2, -0.15) is 0 Å². The monoisotopic (exact) mass is 472 g/mol. The van der Waals surface area contributed by atoms with Gasteiger partial charge in [0, 0.05) is 11.2 Å². The number of hydrogen-bond donors (Lipinski definition) is 3. The maximum Gasteiger partial charge on any atom is 0.328 e. The topological polar surface area (TPSA) is 105 Å². The second-order valence-corrected chi connectivity index (χ2v) is 13.4. The minimum Gasteiger partial charge on any atom is -0.467 e. The number of benzene rings is 1. The number of anilines is 1. The Hall–Kier alpha value is -2.11. The Morgan fingerprint density at radius 1 is 1.27 bits per heavy atom. The molecule has 0 radical (unpaired) electrons. The molecule has 1 unspecified atom stereocenters. The first-order chi connectivity index (χ1) is 13.9. The highest BCUT2D eigenvalue weighted by atomic mass is 32.3. The van der Waals surface area contributed by atoms with E-state index in [1.807, 2.05) is 24.3 Å². The second kappa shape index (κ2) is 9.80. The molecule has 2 amide bonds. The molecule has 1 atom stereocenters. The fourth-order valence-corrected chi connectivity index (χ4v) is 3.82. The van der Waals surface area contributed by atoms with Crippen molar-refractivity contribution in [1.29, 1.82) is 0 Å². The van der Waals surface area contributed by atoms with Gasteiger partial charge in [0.2, 0.25) is 5.13 Å². The zero-order valence-electron chi connectivity index (χ0n) is 17.9. The van der Waals surface area contributed by atoms with Gasteiger partial charge in [-0.3, -0.25) is 10.4 Å². The van der Waals surface area contributed by atoms with Crippen molar-refractivity contribution in [2.45, 2.75) is 38.0 Å². The molecule has 0 aliphatic heterocycles. The number of urea groups is 1. The summed E-state index contributed by atoms with van der Waals surface area (Å²) in [5.41, 5.74) is 0.858. The van der Waals surface area contributed by atoms with E-state index in [4.69, 9.17) is 21.1 Å². The molecule has 0 aliphatic rings. The largest absolute Gasteiger partial charge is 0.467 e. The summed E-state index contributed by atoms with van der Waals surface area (Å²) in [7, 11) is -0.0221. The van der Waals surface area contributed by atoms with E-state index in [1.165, 1.54) is 7.11 Å². The average Bonchev–Trinajstić information content (AvgIpc) is 3.05. The molecule has 3 N–H and O–H groups in total. The number of carbonyl (C=O) groups excluding carboxylic acids is 2. The summed E-state index contributed by atoms with van der Waals surface area (Å²) in [5.74, 6) is 0.229.